The standard InChI is InChI=1S/C16H20N2O/c1-13(2)12-19-16-7-5-15(6-8-16)18-11-14-4-3-9-17-10-14/h3-10,13,18H,11-12H2,1-2H3. The maximum absolute atomic E-state index is 5.65. The van der Waals surface area contributed by atoms with E-state index in [0.29, 0.717) is 5.92 Å². The molecule has 3 nitrogen and oxygen atoms in total. The summed E-state index contributed by atoms with van der Waals surface area (Å²) in [5.41, 5.74) is 2.25. The lowest BCUT2D eigenvalue weighted by atomic mass is 10.2. The molecule has 0 saturated carbocycles. The van der Waals surface area contributed by atoms with Crippen LogP contribution in [0, 0.1) is 5.92 Å². The number of nitrogens with one attached hydrogen (secondary N) is 1. The number of benzene rings is 1. The van der Waals surface area contributed by atoms with Crippen molar-refractivity contribution in [3.63, 3.8) is 0 Å². The number of ether oxygens (including phenoxy) is 1. The van der Waals surface area contributed by atoms with Crippen LogP contribution in [0.1, 0.15) is 19.4 Å². The van der Waals surface area contributed by atoms with Gasteiger partial charge in [-0.1, -0.05) is 19.9 Å². The molecular weight excluding hydrogens is 236 g/mol. The highest BCUT2D eigenvalue weighted by atomic mass is 16.5. The smallest absolute Gasteiger partial charge is 0.119 e. The highest BCUT2D eigenvalue weighted by Gasteiger charge is 1.98. The van der Waals surface area contributed by atoms with Crippen molar-refractivity contribution >= 4 is 5.69 Å². The van der Waals surface area contributed by atoms with E-state index >= 15 is 0 Å². The number of aromatic nitrogens is 1. The summed E-state index contributed by atoms with van der Waals surface area (Å²) in [4.78, 5) is 4.09. The second kappa shape index (κ2) is 6.78. The number of anilines is 1. The van der Waals surface area contributed by atoms with Gasteiger partial charge in [0.1, 0.15) is 5.75 Å². The Balaban J connectivity index is 1.85. The van der Waals surface area contributed by atoms with Gasteiger partial charge in [-0.3, -0.25) is 4.98 Å². The summed E-state index contributed by atoms with van der Waals surface area (Å²) < 4.78 is 5.65. The number of hydrogen-bond donors (Lipinski definition) is 1. The zero-order valence-corrected chi connectivity index (χ0v) is 11.5. The third kappa shape index (κ3) is 4.62. The minimum absolute atomic E-state index is 0.545. The predicted octanol–water partition coefficient (Wildman–Crippen LogP) is 3.73. The van der Waals surface area contributed by atoms with Crippen molar-refractivity contribution in [1.82, 2.24) is 4.98 Å². The van der Waals surface area contributed by atoms with Gasteiger partial charge >= 0.3 is 0 Å². The van der Waals surface area contributed by atoms with Crippen LogP contribution in [-0.4, -0.2) is 11.6 Å². The number of nitrogens with zero attached hydrogens (tertiary/aromatic N) is 1. The number of rotatable bonds is 6. The first kappa shape index (κ1) is 13.4. The molecule has 100 valence electrons. The summed E-state index contributed by atoms with van der Waals surface area (Å²) in [5, 5.41) is 3.36. The van der Waals surface area contributed by atoms with E-state index in [2.05, 4.69) is 30.2 Å². The summed E-state index contributed by atoms with van der Waals surface area (Å²) >= 11 is 0. The van der Waals surface area contributed by atoms with Gasteiger partial charge in [-0.05, 0) is 41.8 Å². The first-order valence-electron chi connectivity index (χ1n) is 6.59. The van der Waals surface area contributed by atoms with Crippen LogP contribution in [-0.2, 0) is 6.54 Å². The van der Waals surface area contributed by atoms with Crippen molar-refractivity contribution in [2.45, 2.75) is 20.4 Å². The van der Waals surface area contributed by atoms with Crippen molar-refractivity contribution in [1.29, 1.82) is 0 Å². The van der Waals surface area contributed by atoms with Crippen LogP contribution < -0.4 is 10.1 Å². The molecule has 1 aromatic carbocycles. The molecule has 2 aromatic rings. The van der Waals surface area contributed by atoms with Crippen LogP contribution in [0.2, 0.25) is 0 Å². The molecule has 3 heteroatoms. The van der Waals surface area contributed by atoms with Gasteiger partial charge in [0.15, 0.2) is 0 Å². The fourth-order valence-electron chi connectivity index (χ4n) is 1.64. The summed E-state index contributed by atoms with van der Waals surface area (Å²) in [5.74, 6) is 1.46. The molecule has 0 bridgehead atoms. The van der Waals surface area contributed by atoms with Gasteiger partial charge in [0, 0.05) is 24.6 Å². The van der Waals surface area contributed by atoms with Gasteiger partial charge < -0.3 is 10.1 Å². The van der Waals surface area contributed by atoms with E-state index in [0.717, 1.165) is 24.6 Å². The van der Waals surface area contributed by atoms with Gasteiger partial charge in [-0.2, -0.15) is 0 Å². The Hall–Kier alpha value is -2.03. The highest BCUT2D eigenvalue weighted by molar-refractivity contribution is 5.46. The van der Waals surface area contributed by atoms with Gasteiger partial charge in [0.2, 0.25) is 0 Å². The van der Waals surface area contributed by atoms with E-state index in [1.54, 1.807) is 6.20 Å². The second-order valence-corrected chi connectivity index (χ2v) is 4.94. The van der Waals surface area contributed by atoms with Crippen molar-refractivity contribution < 1.29 is 4.74 Å². The third-order valence-electron chi connectivity index (χ3n) is 2.66. The molecule has 0 aliphatic rings. The first-order valence-corrected chi connectivity index (χ1v) is 6.59. The molecular formula is C16H20N2O. The molecule has 19 heavy (non-hydrogen) atoms. The molecule has 0 unspecified atom stereocenters. The third-order valence-corrected chi connectivity index (χ3v) is 2.66. The Morgan fingerprint density at radius 2 is 1.95 bits per heavy atom. The predicted molar refractivity (Wildman–Crippen MR) is 78.3 cm³/mol. The quantitative estimate of drug-likeness (QED) is 0.855. The van der Waals surface area contributed by atoms with Crippen molar-refractivity contribution in [3.8, 4) is 5.75 Å². The van der Waals surface area contributed by atoms with Gasteiger partial charge in [0.05, 0.1) is 6.61 Å². The lowest BCUT2D eigenvalue weighted by Gasteiger charge is -2.10. The zero-order chi connectivity index (χ0) is 13.5. The monoisotopic (exact) mass is 256 g/mol. The largest absolute Gasteiger partial charge is 0.493 e. The molecule has 0 saturated heterocycles. The highest BCUT2D eigenvalue weighted by Crippen LogP contribution is 2.17. The van der Waals surface area contributed by atoms with Crippen molar-refractivity contribution in [2.24, 2.45) is 5.92 Å². The summed E-state index contributed by atoms with van der Waals surface area (Å²) in [6, 6.07) is 12.1. The van der Waals surface area contributed by atoms with E-state index < -0.39 is 0 Å². The Morgan fingerprint density at radius 3 is 2.58 bits per heavy atom. The number of hydrogen-bond acceptors (Lipinski definition) is 3. The topological polar surface area (TPSA) is 34.1 Å². The van der Waals surface area contributed by atoms with Crippen LogP contribution in [0.3, 0.4) is 0 Å². The summed E-state index contributed by atoms with van der Waals surface area (Å²) in [6.07, 6.45) is 3.65. The minimum atomic E-state index is 0.545. The van der Waals surface area contributed by atoms with E-state index in [-0.39, 0.29) is 0 Å². The van der Waals surface area contributed by atoms with Crippen LogP contribution >= 0.6 is 0 Å². The van der Waals surface area contributed by atoms with E-state index in [9.17, 15) is 0 Å². The van der Waals surface area contributed by atoms with E-state index in [4.69, 9.17) is 4.74 Å². The summed E-state index contributed by atoms with van der Waals surface area (Å²) in [6.45, 7) is 5.82. The maximum atomic E-state index is 5.65. The van der Waals surface area contributed by atoms with Crippen LogP contribution in [0.25, 0.3) is 0 Å². The van der Waals surface area contributed by atoms with E-state index in [1.165, 1.54) is 5.56 Å². The van der Waals surface area contributed by atoms with Crippen LogP contribution in [0.5, 0.6) is 5.75 Å². The average molecular weight is 256 g/mol. The Morgan fingerprint density at radius 1 is 1.16 bits per heavy atom. The molecule has 0 atom stereocenters. The molecule has 0 spiro atoms. The van der Waals surface area contributed by atoms with Crippen LogP contribution in [0.15, 0.2) is 48.8 Å². The Kier molecular flexibility index (Phi) is 4.78. The molecule has 0 aliphatic carbocycles. The maximum Gasteiger partial charge on any atom is 0.119 e. The van der Waals surface area contributed by atoms with Crippen LogP contribution in [0.4, 0.5) is 5.69 Å². The lowest BCUT2D eigenvalue weighted by Crippen LogP contribution is -2.04. The normalized spacial score (nSPS) is 10.5. The van der Waals surface area contributed by atoms with Gasteiger partial charge in [-0.15, -0.1) is 0 Å². The van der Waals surface area contributed by atoms with Crippen molar-refractivity contribution in [2.75, 3.05) is 11.9 Å². The zero-order valence-electron chi connectivity index (χ0n) is 11.5. The minimum Gasteiger partial charge on any atom is -0.493 e. The molecule has 1 aromatic heterocycles. The molecule has 1 heterocycles. The lowest BCUT2D eigenvalue weighted by molar-refractivity contribution is 0.271. The molecule has 0 amide bonds. The molecule has 0 aliphatic heterocycles. The van der Waals surface area contributed by atoms with E-state index in [1.807, 2.05) is 36.5 Å². The van der Waals surface area contributed by atoms with Gasteiger partial charge in [-0.25, -0.2) is 0 Å². The second-order valence-electron chi connectivity index (χ2n) is 4.94. The molecule has 0 fully saturated rings. The molecule has 0 radical (unpaired) electrons. The van der Waals surface area contributed by atoms with Gasteiger partial charge in [0.25, 0.3) is 0 Å². The Labute approximate surface area is 114 Å². The molecule has 2 rings (SSSR count). The SMILES string of the molecule is CC(C)COc1ccc(NCc2cccnc2)cc1. The van der Waals surface area contributed by atoms with Crippen molar-refractivity contribution in [3.05, 3.63) is 54.4 Å². The average Bonchev–Trinajstić information content (AvgIpc) is 2.45. The fraction of sp³-hybridized carbons (Fsp3) is 0.312. The Bertz CT molecular complexity index is 480. The number of pyridine rings is 1. The summed E-state index contributed by atoms with van der Waals surface area (Å²) in [7, 11) is 0. The first-order chi connectivity index (χ1) is 9.24. The molecule has 1 N–H and O–H groups in total. The fourth-order valence-corrected chi connectivity index (χ4v) is 1.64.